The minimum absolute atomic E-state index is 0.264. The van der Waals surface area contributed by atoms with E-state index in [9.17, 15) is 4.79 Å². The molecule has 0 aliphatic carbocycles. The highest BCUT2D eigenvalue weighted by Gasteiger charge is 2.30. The SMILES string of the molecule is O=C(O)[C@@H]1CCCN1Cc1ccc2c(c1)OCO2. The number of aliphatic carboxylic acids is 1. The molecule has 5 nitrogen and oxygen atoms in total. The van der Waals surface area contributed by atoms with E-state index < -0.39 is 5.97 Å². The van der Waals surface area contributed by atoms with Crippen molar-refractivity contribution in [1.82, 2.24) is 4.90 Å². The zero-order chi connectivity index (χ0) is 12.5. The van der Waals surface area contributed by atoms with Crippen molar-refractivity contribution in [2.45, 2.75) is 25.4 Å². The molecule has 0 bridgehead atoms. The minimum atomic E-state index is -0.728. The third-order valence-corrected chi connectivity index (χ3v) is 3.47. The summed E-state index contributed by atoms with van der Waals surface area (Å²) in [7, 11) is 0. The van der Waals surface area contributed by atoms with E-state index >= 15 is 0 Å². The Hall–Kier alpha value is -1.75. The molecule has 1 N–H and O–H groups in total. The van der Waals surface area contributed by atoms with Crippen molar-refractivity contribution in [1.29, 1.82) is 0 Å². The second-order valence-corrected chi connectivity index (χ2v) is 4.65. The van der Waals surface area contributed by atoms with Crippen LogP contribution in [0.4, 0.5) is 0 Å². The molecule has 1 atom stereocenters. The normalized spacial score (nSPS) is 22.3. The van der Waals surface area contributed by atoms with Crippen LogP contribution >= 0.6 is 0 Å². The Morgan fingerprint density at radius 1 is 1.39 bits per heavy atom. The predicted octanol–water partition coefficient (Wildman–Crippen LogP) is 1.46. The van der Waals surface area contributed by atoms with Crippen molar-refractivity contribution < 1.29 is 19.4 Å². The van der Waals surface area contributed by atoms with Crippen molar-refractivity contribution in [3.8, 4) is 11.5 Å². The predicted molar refractivity (Wildman–Crippen MR) is 63.6 cm³/mol. The third-order valence-electron chi connectivity index (χ3n) is 3.47. The Kier molecular flexibility index (Phi) is 2.83. The number of fused-ring (bicyclic) bond motifs is 1. The van der Waals surface area contributed by atoms with Gasteiger partial charge in [0.05, 0.1) is 0 Å². The van der Waals surface area contributed by atoms with Gasteiger partial charge in [-0.25, -0.2) is 0 Å². The zero-order valence-electron chi connectivity index (χ0n) is 9.96. The fraction of sp³-hybridized carbons (Fsp3) is 0.462. The average molecular weight is 249 g/mol. The standard InChI is InChI=1S/C13H15NO4/c15-13(16)10-2-1-5-14(10)7-9-3-4-11-12(6-9)18-8-17-11/h3-4,6,10H,1-2,5,7-8H2,(H,15,16)/t10-/m0/s1. The first kappa shape index (κ1) is 11.3. The maximum atomic E-state index is 11.1. The van der Waals surface area contributed by atoms with Gasteiger partial charge in [-0.2, -0.15) is 0 Å². The first-order chi connectivity index (χ1) is 8.74. The Morgan fingerprint density at radius 3 is 3.06 bits per heavy atom. The average Bonchev–Trinajstić information content (AvgIpc) is 2.96. The summed E-state index contributed by atoms with van der Waals surface area (Å²) in [6, 6.07) is 5.42. The van der Waals surface area contributed by atoms with Crippen LogP contribution in [0.2, 0.25) is 0 Å². The lowest BCUT2D eigenvalue weighted by Gasteiger charge is -2.21. The molecule has 3 rings (SSSR count). The molecule has 1 aromatic carbocycles. The quantitative estimate of drug-likeness (QED) is 0.879. The smallest absolute Gasteiger partial charge is 0.320 e. The molecule has 0 spiro atoms. The number of carbonyl (C=O) groups is 1. The van der Waals surface area contributed by atoms with Gasteiger partial charge in [-0.1, -0.05) is 6.07 Å². The molecule has 1 saturated heterocycles. The van der Waals surface area contributed by atoms with Gasteiger partial charge in [0.1, 0.15) is 6.04 Å². The number of nitrogens with zero attached hydrogens (tertiary/aromatic N) is 1. The summed E-state index contributed by atoms with van der Waals surface area (Å²) >= 11 is 0. The van der Waals surface area contributed by atoms with Crippen LogP contribution < -0.4 is 9.47 Å². The number of carboxylic acid groups (broad SMARTS) is 1. The first-order valence-electron chi connectivity index (χ1n) is 6.09. The molecule has 0 saturated carbocycles. The highest BCUT2D eigenvalue weighted by Crippen LogP contribution is 2.33. The lowest BCUT2D eigenvalue weighted by atomic mass is 10.1. The van der Waals surface area contributed by atoms with E-state index in [1.54, 1.807) is 0 Å². The topological polar surface area (TPSA) is 59.0 Å². The lowest BCUT2D eigenvalue weighted by Crippen LogP contribution is -2.35. The van der Waals surface area contributed by atoms with Crippen molar-refractivity contribution in [3.63, 3.8) is 0 Å². The van der Waals surface area contributed by atoms with Crippen molar-refractivity contribution >= 4 is 5.97 Å². The molecule has 0 aromatic heterocycles. The van der Waals surface area contributed by atoms with Gasteiger partial charge in [0.25, 0.3) is 0 Å². The minimum Gasteiger partial charge on any atom is -0.480 e. The number of hydrogen-bond donors (Lipinski definition) is 1. The van der Waals surface area contributed by atoms with E-state index in [2.05, 4.69) is 0 Å². The van der Waals surface area contributed by atoms with Gasteiger partial charge in [0, 0.05) is 6.54 Å². The summed E-state index contributed by atoms with van der Waals surface area (Å²) in [5.41, 5.74) is 1.06. The number of hydrogen-bond acceptors (Lipinski definition) is 4. The van der Waals surface area contributed by atoms with Crippen LogP contribution in [0.5, 0.6) is 11.5 Å². The second kappa shape index (κ2) is 4.49. The molecule has 2 heterocycles. The molecule has 1 fully saturated rings. The summed E-state index contributed by atoms with van der Waals surface area (Å²) in [6.07, 6.45) is 1.68. The van der Waals surface area contributed by atoms with Crippen molar-refractivity contribution in [2.24, 2.45) is 0 Å². The number of likely N-dealkylation sites (tertiary alicyclic amines) is 1. The summed E-state index contributed by atoms with van der Waals surface area (Å²) < 4.78 is 10.6. The molecular formula is C13H15NO4. The second-order valence-electron chi connectivity index (χ2n) is 4.65. The van der Waals surface area contributed by atoms with Gasteiger partial charge < -0.3 is 14.6 Å². The monoisotopic (exact) mass is 249 g/mol. The van der Waals surface area contributed by atoms with Gasteiger partial charge in [-0.15, -0.1) is 0 Å². The Morgan fingerprint density at radius 2 is 2.22 bits per heavy atom. The number of benzene rings is 1. The van der Waals surface area contributed by atoms with E-state index in [1.165, 1.54) is 0 Å². The van der Waals surface area contributed by atoms with Crippen LogP contribution in [0, 0.1) is 0 Å². The van der Waals surface area contributed by atoms with Crippen LogP contribution in [0.3, 0.4) is 0 Å². The molecule has 0 radical (unpaired) electrons. The van der Waals surface area contributed by atoms with E-state index in [4.69, 9.17) is 14.6 Å². The Labute approximate surface area is 105 Å². The van der Waals surface area contributed by atoms with E-state index in [0.717, 1.165) is 36.4 Å². The number of rotatable bonds is 3. The maximum Gasteiger partial charge on any atom is 0.320 e. The fourth-order valence-corrected chi connectivity index (χ4v) is 2.57. The van der Waals surface area contributed by atoms with Gasteiger partial charge in [-0.05, 0) is 37.1 Å². The zero-order valence-corrected chi connectivity index (χ0v) is 9.96. The van der Waals surface area contributed by atoms with Gasteiger partial charge in [0.2, 0.25) is 6.79 Å². The maximum absolute atomic E-state index is 11.1. The van der Waals surface area contributed by atoms with E-state index in [0.29, 0.717) is 6.54 Å². The van der Waals surface area contributed by atoms with Crippen molar-refractivity contribution in [3.05, 3.63) is 23.8 Å². The van der Waals surface area contributed by atoms with Gasteiger partial charge in [-0.3, -0.25) is 9.69 Å². The molecule has 0 amide bonds. The molecule has 2 aliphatic rings. The summed E-state index contributed by atoms with van der Waals surface area (Å²) in [6.45, 7) is 1.75. The Balaban J connectivity index is 1.74. The molecular weight excluding hydrogens is 234 g/mol. The first-order valence-corrected chi connectivity index (χ1v) is 6.09. The third kappa shape index (κ3) is 2.01. The van der Waals surface area contributed by atoms with Crippen LogP contribution in [-0.2, 0) is 11.3 Å². The largest absolute Gasteiger partial charge is 0.480 e. The van der Waals surface area contributed by atoms with E-state index in [-0.39, 0.29) is 12.8 Å². The van der Waals surface area contributed by atoms with Crippen LogP contribution in [0.15, 0.2) is 18.2 Å². The highest BCUT2D eigenvalue weighted by atomic mass is 16.7. The summed E-state index contributed by atoms with van der Waals surface area (Å²) in [5, 5.41) is 9.13. The van der Waals surface area contributed by atoms with E-state index in [1.807, 2.05) is 23.1 Å². The molecule has 18 heavy (non-hydrogen) atoms. The van der Waals surface area contributed by atoms with Crippen LogP contribution in [-0.4, -0.2) is 35.4 Å². The van der Waals surface area contributed by atoms with Crippen LogP contribution in [0.1, 0.15) is 18.4 Å². The highest BCUT2D eigenvalue weighted by molar-refractivity contribution is 5.73. The van der Waals surface area contributed by atoms with Crippen molar-refractivity contribution in [2.75, 3.05) is 13.3 Å². The Bertz CT molecular complexity index is 474. The molecule has 96 valence electrons. The number of carboxylic acids is 1. The molecule has 0 unspecified atom stereocenters. The summed E-state index contributed by atoms with van der Waals surface area (Å²) in [4.78, 5) is 13.1. The van der Waals surface area contributed by atoms with Crippen LogP contribution in [0.25, 0.3) is 0 Å². The van der Waals surface area contributed by atoms with Gasteiger partial charge >= 0.3 is 5.97 Å². The summed E-state index contributed by atoms with van der Waals surface area (Å²) in [5.74, 6) is 0.779. The van der Waals surface area contributed by atoms with Gasteiger partial charge in [0.15, 0.2) is 11.5 Å². The fourth-order valence-electron chi connectivity index (χ4n) is 2.57. The lowest BCUT2D eigenvalue weighted by molar-refractivity contribution is -0.142. The number of ether oxygens (including phenoxy) is 2. The molecule has 5 heteroatoms. The molecule has 2 aliphatic heterocycles. The molecule has 1 aromatic rings.